The molecular weight excluding hydrogens is 259 g/mol. The highest BCUT2D eigenvalue weighted by Crippen LogP contribution is 2.18. The first-order valence-electron chi connectivity index (χ1n) is 4.97. The standard InChI is InChI=1S/C11H11FN2OS2/c12-9-3-1-2-4-10(9)15-7-17-6-8-5-13-11(16)14-8/h1-5H,6-7H2,(H2,13,14,16). The SMILES string of the molecule is Fc1ccccc1OCSCc1c[nH]c(=S)[nH]1. The molecule has 0 saturated heterocycles. The van der Waals surface area contributed by atoms with Gasteiger partial charge in [0.25, 0.3) is 0 Å². The van der Waals surface area contributed by atoms with E-state index in [1.54, 1.807) is 18.2 Å². The minimum Gasteiger partial charge on any atom is -0.480 e. The van der Waals surface area contributed by atoms with Gasteiger partial charge in [-0.3, -0.25) is 0 Å². The van der Waals surface area contributed by atoms with Crippen LogP contribution in [0, 0.1) is 10.6 Å². The van der Waals surface area contributed by atoms with Gasteiger partial charge in [0, 0.05) is 17.6 Å². The van der Waals surface area contributed by atoms with Crippen LogP contribution >= 0.6 is 24.0 Å². The summed E-state index contributed by atoms with van der Waals surface area (Å²) >= 11 is 6.44. The number of hydrogen-bond acceptors (Lipinski definition) is 3. The smallest absolute Gasteiger partial charge is 0.174 e. The van der Waals surface area contributed by atoms with Crippen LogP contribution < -0.4 is 4.74 Å². The largest absolute Gasteiger partial charge is 0.480 e. The van der Waals surface area contributed by atoms with Crippen LogP contribution in [0.4, 0.5) is 4.39 Å². The van der Waals surface area contributed by atoms with Crippen LogP contribution in [0.25, 0.3) is 0 Å². The van der Waals surface area contributed by atoms with Crippen molar-refractivity contribution in [1.29, 1.82) is 0 Å². The number of nitrogens with one attached hydrogen (secondary N) is 2. The van der Waals surface area contributed by atoms with Crippen molar-refractivity contribution in [3.63, 3.8) is 0 Å². The van der Waals surface area contributed by atoms with E-state index in [-0.39, 0.29) is 11.6 Å². The molecule has 1 aromatic heterocycles. The summed E-state index contributed by atoms with van der Waals surface area (Å²) in [6.45, 7) is 0. The summed E-state index contributed by atoms with van der Waals surface area (Å²) in [5.41, 5.74) is 0.997. The third-order valence-corrected chi connectivity index (χ3v) is 3.06. The molecule has 0 atom stereocenters. The van der Waals surface area contributed by atoms with E-state index in [0.29, 0.717) is 10.7 Å². The van der Waals surface area contributed by atoms with Crippen molar-refractivity contribution in [1.82, 2.24) is 9.97 Å². The Hall–Kier alpha value is -1.27. The van der Waals surface area contributed by atoms with Gasteiger partial charge < -0.3 is 14.7 Å². The van der Waals surface area contributed by atoms with Crippen LogP contribution in [0.15, 0.2) is 30.5 Å². The fourth-order valence-electron chi connectivity index (χ4n) is 1.27. The van der Waals surface area contributed by atoms with Crippen molar-refractivity contribution in [2.24, 2.45) is 0 Å². The highest BCUT2D eigenvalue weighted by molar-refractivity contribution is 7.98. The molecule has 0 aliphatic heterocycles. The average molecular weight is 270 g/mol. The monoisotopic (exact) mass is 270 g/mol. The molecule has 0 radical (unpaired) electrons. The number of aromatic amines is 2. The Morgan fingerprint density at radius 2 is 2.18 bits per heavy atom. The summed E-state index contributed by atoms with van der Waals surface area (Å²) in [4.78, 5) is 5.88. The minimum absolute atomic E-state index is 0.280. The molecule has 1 heterocycles. The molecule has 90 valence electrons. The lowest BCUT2D eigenvalue weighted by Crippen LogP contribution is -1.95. The van der Waals surface area contributed by atoms with Gasteiger partial charge in [0.1, 0.15) is 5.94 Å². The molecule has 0 fully saturated rings. The Balaban J connectivity index is 1.77. The fourth-order valence-corrected chi connectivity index (χ4v) is 2.13. The molecule has 2 N–H and O–H groups in total. The van der Waals surface area contributed by atoms with E-state index in [9.17, 15) is 4.39 Å². The lowest BCUT2D eigenvalue weighted by atomic mass is 10.3. The molecule has 0 saturated carbocycles. The van der Waals surface area contributed by atoms with Crippen molar-refractivity contribution < 1.29 is 9.13 Å². The third-order valence-electron chi connectivity index (χ3n) is 2.04. The Morgan fingerprint density at radius 1 is 1.35 bits per heavy atom. The number of H-pyrrole nitrogens is 2. The first-order chi connectivity index (χ1) is 8.25. The summed E-state index contributed by atoms with van der Waals surface area (Å²) in [6.07, 6.45) is 1.82. The lowest BCUT2D eigenvalue weighted by Gasteiger charge is -2.05. The molecule has 1 aromatic carbocycles. The van der Waals surface area contributed by atoms with Gasteiger partial charge in [0.05, 0.1) is 0 Å². The van der Waals surface area contributed by atoms with Crippen LogP contribution in [0.3, 0.4) is 0 Å². The van der Waals surface area contributed by atoms with Crippen molar-refractivity contribution in [3.05, 3.63) is 46.7 Å². The van der Waals surface area contributed by atoms with E-state index < -0.39 is 0 Å². The summed E-state index contributed by atoms with van der Waals surface area (Å²) < 4.78 is 19.1. The number of imidazole rings is 1. The van der Waals surface area contributed by atoms with Crippen molar-refractivity contribution >= 4 is 24.0 Å². The molecular formula is C11H11FN2OS2. The highest BCUT2D eigenvalue weighted by Gasteiger charge is 2.01. The van der Waals surface area contributed by atoms with Gasteiger partial charge in [-0.15, -0.1) is 11.8 Å². The van der Waals surface area contributed by atoms with Crippen LogP contribution in [0.5, 0.6) is 5.75 Å². The second-order valence-electron chi connectivity index (χ2n) is 3.31. The van der Waals surface area contributed by atoms with E-state index in [1.807, 2.05) is 6.20 Å². The van der Waals surface area contributed by atoms with Gasteiger partial charge in [0.15, 0.2) is 16.3 Å². The molecule has 0 amide bonds. The molecule has 0 aliphatic carbocycles. The topological polar surface area (TPSA) is 40.8 Å². The molecule has 3 nitrogen and oxygen atoms in total. The van der Waals surface area contributed by atoms with Gasteiger partial charge in [-0.2, -0.15) is 0 Å². The maximum Gasteiger partial charge on any atom is 0.174 e. The van der Waals surface area contributed by atoms with Gasteiger partial charge in [-0.1, -0.05) is 12.1 Å². The van der Waals surface area contributed by atoms with Crippen LogP contribution in [0.2, 0.25) is 0 Å². The number of thioether (sulfide) groups is 1. The number of para-hydroxylation sites is 1. The predicted octanol–water partition coefficient (Wildman–Crippen LogP) is 3.48. The first kappa shape index (κ1) is 12.2. The maximum absolute atomic E-state index is 13.2. The zero-order valence-corrected chi connectivity index (χ0v) is 10.5. The Labute approximate surface area is 107 Å². The maximum atomic E-state index is 13.2. The van der Waals surface area contributed by atoms with Crippen LogP contribution in [0.1, 0.15) is 5.69 Å². The predicted molar refractivity (Wildman–Crippen MR) is 69.2 cm³/mol. The number of rotatable bonds is 5. The van der Waals surface area contributed by atoms with E-state index in [0.717, 1.165) is 11.4 Å². The first-order valence-corrected chi connectivity index (χ1v) is 6.53. The second-order valence-corrected chi connectivity index (χ2v) is 4.65. The normalized spacial score (nSPS) is 10.4. The molecule has 6 heteroatoms. The molecule has 0 bridgehead atoms. The van der Waals surface area contributed by atoms with Gasteiger partial charge in [-0.05, 0) is 24.4 Å². The van der Waals surface area contributed by atoms with E-state index in [1.165, 1.54) is 17.8 Å². The number of benzene rings is 1. The average Bonchev–Trinajstić information content (AvgIpc) is 2.73. The molecule has 0 spiro atoms. The Morgan fingerprint density at radius 3 is 2.88 bits per heavy atom. The second kappa shape index (κ2) is 5.88. The molecule has 0 unspecified atom stereocenters. The van der Waals surface area contributed by atoms with Gasteiger partial charge in [-0.25, -0.2) is 4.39 Å². The Bertz CT molecular complexity index is 538. The summed E-state index contributed by atoms with van der Waals surface area (Å²) in [7, 11) is 0. The molecule has 17 heavy (non-hydrogen) atoms. The zero-order valence-electron chi connectivity index (χ0n) is 8.90. The minimum atomic E-state index is -0.339. The van der Waals surface area contributed by atoms with E-state index >= 15 is 0 Å². The van der Waals surface area contributed by atoms with Crippen molar-refractivity contribution in [2.75, 3.05) is 5.94 Å². The summed E-state index contributed by atoms with van der Waals surface area (Å²) in [6, 6.07) is 6.37. The number of ether oxygens (including phenoxy) is 1. The number of hydrogen-bond donors (Lipinski definition) is 2. The number of aromatic nitrogens is 2. The summed E-state index contributed by atoms with van der Waals surface area (Å²) in [5, 5.41) is 0. The molecule has 2 aromatic rings. The highest BCUT2D eigenvalue weighted by atomic mass is 32.2. The molecule has 2 rings (SSSR count). The van der Waals surface area contributed by atoms with Crippen LogP contribution in [-0.2, 0) is 5.75 Å². The Kier molecular flexibility index (Phi) is 4.22. The zero-order chi connectivity index (χ0) is 12.1. The van der Waals surface area contributed by atoms with Gasteiger partial charge in [0.2, 0.25) is 0 Å². The lowest BCUT2D eigenvalue weighted by molar-refractivity contribution is 0.368. The third kappa shape index (κ3) is 3.61. The van der Waals surface area contributed by atoms with Crippen molar-refractivity contribution in [2.45, 2.75) is 5.75 Å². The van der Waals surface area contributed by atoms with Gasteiger partial charge >= 0.3 is 0 Å². The van der Waals surface area contributed by atoms with E-state index in [2.05, 4.69) is 9.97 Å². The van der Waals surface area contributed by atoms with Crippen LogP contribution in [-0.4, -0.2) is 15.9 Å². The van der Waals surface area contributed by atoms with Crippen molar-refractivity contribution in [3.8, 4) is 5.75 Å². The molecule has 0 aliphatic rings. The van der Waals surface area contributed by atoms with E-state index in [4.69, 9.17) is 17.0 Å². The summed E-state index contributed by atoms with van der Waals surface area (Å²) in [5.74, 6) is 1.07. The quantitative estimate of drug-likeness (QED) is 0.496. The number of halogens is 1. The fraction of sp³-hybridized carbons (Fsp3) is 0.182.